The predicted molar refractivity (Wildman–Crippen MR) is 95.5 cm³/mol. The monoisotopic (exact) mass is 360 g/mol. The Morgan fingerprint density at radius 3 is 2.79 bits per heavy atom. The summed E-state index contributed by atoms with van der Waals surface area (Å²) in [5, 5.41) is 0.649. The van der Waals surface area contributed by atoms with Crippen molar-refractivity contribution in [2.24, 2.45) is 0 Å². The maximum absolute atomic E-state index is 13.8. The van der Waals surface area contributed by atoms with Crippen molar-refractivity contribution < 1.29 is 4.39 Å². The highest BCUT2D eigenvalue weighted by molar-refractivity contribution is 7.98. The molecule has 0 aliphatic heterocycles. The van der Waals surface area contributed by atoms with Crippen LogP contribution in [0.15, 0.2) is 64.7 Å². The maximum atomic E-state index is 13.8. The Labute approximate surface area is 148 Å². The third-order valence-corrected chi connectivity index (χ3v) is 4.84. The van der Waals surface area contributed by atoms with Crippen LogP contribution in [0.4, 0.5) is 4.39 Å². The highest BCUT2D eigenvalue weighted by Crippen LogP contribution is 2.26. The van der Waals surface area contributed by atoms with E-state index in [0.29, 0.717) is 15.6 Å². The molecule has 0 aliphatic carbocycles. The first-order valence-corrected chi connectivity index (χ1v) is 8.63. The van der Waals surface area contributed by atoms with E-state index in [9.17, 15) is 9.18 Å². The lowest BCUT2D eigenvalue weighted by atomic mass is 10.2. The molecule has 24 heavy (non-hydrogen) atoms. The summed E-state index contributed by atoms with van der Waals surface area (Å²) >= 11 is 7.20. The molecule has 3 nitrogen and oxygen atoms in total. The number of benzene rings is 2. The van der Waals surface area contributed by atoms with Crippen molar-refractivity contribution in [1.82, 2.24) is 9.55 Å². The largest absolute Gasteiger partial charge is 0.287 e. The molecule has 3 aromatic rings. The second-order valence-corrected chi connectivity index (χ2v) is 6.61. The van der Waals surface area contributed by atoms with Crippen molar-refractivity contribution in [2.75, 3.05) is 0 Å². The lowest BCUT2D eigenvalue weighted by Gasteiger charge is -2.09. The van der Waals surface area contributed by atoms with Gasteiger partial charge in [0.25, 0.3) is 5.56 Å². The van der Waals surface area contributed by atoms with Gasteiger partial charge in [0.1, 0.15) is 5.82 Å². The van der Waals surface area contributed by atoms with Crippen LogP contribution >= 0.6 is 23.4 Å². The zero-order chi connectivity index (χ0) is 17.1. The molecule has 0 N–H and O–H groups in total. The van der Waals surface area contributed by atoms with Crippen molar-refractivity contribution in [3.8, 4) is 5.69 Å². The van der Waals surface area contributed by atoms with E-state index in [-0.39, 0.29) is 17.1 Å². The number of hydrogen-bond donors (Lipinski definition) is 0. The summed E-state index contributed by atoms with van der Waals surface area (Å²) in [5.41, 5.74) is 1.97. The average molecular weight is 361 g/mol. The van der Waals surface area contributed by atoms with Crippen molar-refractivity contribution in [1.29, 1.82) is 0 Å². The smallest absolute Gasteiger partial charge is 0.280 e. The van der Waals surface area contributed by atoms with Crippen LogP contribution in [-0.4, -0.2) is 9.55 Å². The van der Waals surface area contributed by atoms with Gasteiger partial charge in [-0.05, 0) is 36.8 Å². The van der Waals surface area contributed by atoms with Crippen LogP contribution in [0.2, 0.25) is 5.02 Å². The Balaban J connectivity index is 1.90. The number of hydrogen-bond acceptors (Lipinski definition) is 3. The molecule has 122 valence electrons. The van der Waals surface area contributed by atoms with E-state index in [2.05, 4.69) is 4.98 Å². The summed E-state index contributed by atoms with van der Waals surface area (Å²) in [6.07, 6.45) is 3.19. The molecule has 1 aromatic heterocycles. The summed E-state index contributed by atoms with van der Waals surface area (Å²) in [6, 6.07) is 12.2. The lowest BCUT2D eigenvalue weighted by Crippen LogP contribution is -2.20. The van der Waals surface area contributed by atoms with Gasteiger partial charge in [-0.15, -0.1) is 0 Å². The van der Waals surface area contributed by atoms with E-state index in [1.165, 1.54) is 22.4 Å². The van der Waals surface area contributed by atoms with E-state index >= 15 is 0 Å². The van der Waals surface area contributed by atoms with Gasteiger partial charge in [0, 0.05) is 34.4 Å². The third kappa shape index (κ3) is 3.52. The number of aromatic nitrogens is 2. The fourth-order valence-electron chi connectivity index (χ4n) is 2.28. The molecule has 0 fully saturated rings. The fourth-order valence-corrected chi connectivity index (χ4v) is 3.53. The molecule has 0 saturated carbocycles. The summed E-state index contributed by atoms with van der Waals surface area (Å²) in [6.45, 7) is 1.96. The fraction of sp³-hybridized carbons (Fsp3) is 0.111. The normalized spacial score (nSPS) is 10.8. The number of nitrogens with zero attached hydrogens (tertiary/aromatic N) is 2. The van der Waals surface area contributed by atoms with E-state index in [1.54, 1.807) is 24.5 Å². The molecule has 6 heteroatoms. The van der Waals surface area contributed by atoms with E-state index < -0.39 is 0 Å². The van der Waals surface area contributed by atoms with Crippen molar-refractivity contribution >= 4 is 23.4 Å². The minimum atomic E-state index is -0.384. The van der Waals surface area contributed by atoms with Gasteiger partial charge in [0.15, 0.2) is 5.03 Å². The first-order valence-electron chi connectivity index (χ1n) is 7.26. The summed E-state index contributed by atoms with van der Waals surface area (Å²) in [4.78, 5) is 16.8. The van der Waals surface area contributed by atoms with Gasteiger partial charge in [-0.2, -0.15) is 0 Å². The molecular formula is C18H14ClFN2OS. The van der Waals surface area contributed by atoms with E-state index in [0.717, 1.165) is 11.3 Å². The number of halogens is 2. The minimum absolute atomic E-state index is 0.236. The molecule has 0 unspecified atom stereocenters. The zero-order valence-corrected chi connectivity index (χ0v) is 14.4. The molecule has 0 bridgehead atoms. The van der Waals surface area contributed by atoms with Gasteiger partial charge in [-0.25, -0.2) is 9.37 Å². The summed E-state index contributed by atoms with van der Waals surface area (Å²) in [5.74, 6) is -0.143. The van der Waals surface area contributed by atoms with Gasteiger partial charge in [-0.1, -0.05) is 41.6 Å². The van der Waals surface area contributed by atoms with Crippen LogP contribution in [-0.2, 0) is 5.75 Å². The minimum Gasteiger partial charge on any atom is -0.280 e. The molecule has 0 radical (unpaired) electrons. The molecule has 0 aliphatic rings. The van der Waals surface area contributed by atoms with Crippen LogP contribution in [0.1, 0.15) is 11.1 Å². The molecule has 0 atom stereocenters. The van der Waals surface area contributed by atoms with Crippen LogP contribution in [0.25, 0.3) is 5.69 Å². The molecule has 2 aromatic carbocycles. The average Bonchev–Trinajstić information content (AvgIpc) is 2.56. The van der Waals surface area contributed by atoms with Gasteiger partial charge in [0.05, 0.1) is 0 Å². The van der Waals surface area contributed by atoms with Crippen molar-refractivity contribution in [3.63, 3.8) is 0 Å². The van der Waals surface area contributed by atoms with Crippen molar-refractivity contribution in [3.05, 3.63) is 87.2 Å². The Bertz CT molecular complexity index is 922. The van der Waals surface area contributed by atoms with Crippen LogP contribution in [0, 0.1) is 12.7 Å². The molecule has 3 rings (SSSR count). The Morgan fingerprint density at radius 2 is 2.04 bits per heavy atom. The van der Waals surface area contributed by atoms with E-state index in [4.69, 9.17) is 11.6 Å². The quantitative estimate of drug-likeness (QED) is 0.636. The van der Waals surface area contributed by atoms with Gasteiger partial charge in [-0.3, -0.25) is 9.36 Å². The van der Waals surface area contributed by atoms with Crippen molar-refractivity contribution in [2.45, 2.75) is 17.7 Å². The highest BCUT2D eigenvalue weighted by Gasteiger charge is 2.11. The van der Waals surface area contributed by atoms with Gasteiger partial charge in [0.2, 0.25) is 0 Å². The molecule has 1 heterocycles. The van der Waals surface area contributed by atoms with Crippen LogP contribution < -0.4 is 5.56 Å². The topological polar surface area (TPSA) is 34.9 Å². The van der Waals surface area contributed by atoms with Crippen LogP contribution in [0.3, 0.4) is 0 Å². The van der Waals surface area contributed by atoms with Gasteiger partial charge >= 0.3 is 0 Å². The predicted octanol–water partition coefficient (Wildman–Crippen LogP) is 4.63. The summed E-state index contributed by atoms with van der Waals surface area (Å²) in [7, 11) is 0. The number of thioether (sulfide) groups is 1. The summed E-state index contributed by atoms with van der Waals surface area (Å²) < 4.78 is 15.4. The second kappa shape index (κ2) is 7.20. The maximum Gasteiger partial charge on any atom is 0.287 e. The molecule has 0 spiro atoms. The lowest BCUT2D eigenvalue weighted by molar-refractivity contribution is 0.617. The Kier molecular flexibility index (Phi) is 5.02. The second-order valence-electron chi connectivity index (χ2n) is 5.24. The first-order chi connectivity index (χ1) is 11.6. The Hall–Kier alpha value is -2.11. The standard InChI is InChI=1S/C18H14ClFN2OS/c1-12-4-2-5-13(10-12)22-9-8-21-17(18(22)23)24-11-14-15(19)6-3-7-16(14)20/h2-10H,11H2,1H3. The Morgan fingerprint density at radius 1 is 1.25 bits per heavy atom. The number of rotatable bonds is 4. The SMILES string of the molecule is Cc1cccc(-n2ccnc(SCc3c(F)cccc3Cl)c2=O)c1. The zero-order valence-electron chi connectivity index (χ0n) is 12.9. The third-order valence-electron chi connectivity index (χ3n) is 3.50. The molecule has 0 saturated heterocycles. The van der Waals surface area contributed by atoms with Crippen LogP contribution in [0.5, 0.6) is 0 Å². The first kappa shape index (κ1) is 16.7. The molecular weight excluding hydrogens is 347 g/mol. The van der Waals surface area contributed by atoms with E-state index in [1.807, 2.05) is 31.2 Å². The highest BCUT2D eigenvalue weighted by atomic mass is 35.5. The molecule has 0 amide bonds. The van der Waals surface area contributed by atoms with Gasteiger partial charge < -0.3 is 0 Å². The number of aryl methyl sites for hydroxylation is 1.